The summed E-state index contributed by atoms with van der Waals surface area (Å²) in [7, 11) is 4.86. The normalized spacial score (nSPS) is 11.5. The molecule has 10 nitrogen and oxygen atoms in total. The fourth-order valence-electron chi connectivity index (χ4n) is 3.80. The monoisotopic (exact) mass is 542 g/mol. The average Bonchev–Trinajstić information content (AvgIpc) is 3.17. The van der Waals surface area contributed by atoms with E-state index in [0.717, 1.165) is 12.1 Å². The Balaban J connectivity index is 1.57. The molecule has 0 fully saturated rings. The largest absolute Gasteiger partial charge is 0.460 e. The molecule has 0 saturated carbocycles. The summed E-state index contributed by atoms with van der Waals surface area (Å²) in [4.78, 5) is 34.1. The van der Waals surface area contributed by atoms with Crippen LogP contribution < -0.4 is 20.7 Å². The number of anilines is 3. The van der Waals surface area contributed by atoms with E-state index in [2.05, 4.69) is 25.9 Å². The lowest BCUT2D eigenvalue weighted by molar-refractivity contribution is -0.137. The number of benzene rings is 2. The molecule has 4 rings (SSSR count). The molecule has 2 heterocycles. The van der Waals surface area contributed by atoms with E-state index in [9.17, 15) is 22.8 Å². The molecule has 13 heteroatoms. The number of furan rings is 1. The van der Waals surface area contributed by atoms with Crippen LogP contribution in [0.25, 0.3) is 11.0 Å². The molecule has 0 aliphatic heterocycles. The van der Waals surface area contributed by atoms with Gasteiger partial charge in [-0.2, -0.15) is 18.2 Å². The maximum Gasteiger partial charge on any atom is 0.416 e. The van der Waals surface area contributed by atoms with Gasteiger partial charge in [-0.15, -0.1) is 0 Å². The van der Waals surface area contributed by atoms with Crippen LogP contribution in [0.15, 0.2) is 53.1 Å². The summed E-state index contributed by atoms with van der Waals surface area (Å²) in [6.07, 6.45) is -3.28. The molecule has 4 aromatic rings. The van der Waals surface area contributed by atoms with Crippen molar-refractivity contribution in [1.29, 1.82) is 0 Å². The number of fused-ring (bicyclic) bond motifs is 1. The number of halogens is 3. The molecule has 0 spiro atoms. The van der Waals surface area contributed by atoms with Gasteiger partial charge < -0.3 is 30.0 Å². The van der Waals surface area contributed by atoms with Gasteiger partial charge in [0.2, 0.25) is 17.7 Å². The number of ether oxygens (including phenoxy) is 1. The number of carbonyl (C=O) groups is 2. The van der Waals surface area contributed by atoms with Gasteiger partial charge in [0.15, 0.2) is 0 Å². The zero-order valence-electron chi connectivity index (χ0n) is 21.4. The quantitative estimate of drug-likeness (QED) is 0.286. The molecule has 2 aromatic carbocycles. The summed E-state index contributed by atoms with van der Waals surface area (Å²) in [6.45, 7) is 1.68. The summed E-state index contributed by atoms with van der Waals surface area (Å²) in [5.41, 5.74) is -0.131. The highest BCUT2D eigenvalue weighted by molar-refractivity contribution is 6.07. The fourth-order valence-corrected chi connectivity index (χ4v) is 3.80. The van der Waals surface area contributed by atoms with Gasteiger partial charge in [-0.05, 0) is 51.4 Å². The zero-order valence-corrected chi connectivity index (χ0v) is 21.4. The number of aryl methyl sites for hydroxylation is 1. The van der Waals surface area contributed by atoms with Gasteiger partial charge in [-0.25, -0.2) is 4.98 Å². The van der Waals surface area contributed by atoms with E-state index in [4.69, 9.17) is 9.15 Å². The number of likely N-dealkylation sites (N-methyl/N-ethyl adjacent to an activating group) is 1. The topological polar surface area (TPSA) is 122 Å². The third-order valence-electron chi connectivity index (χ3n) is 5.40. The lowest BCUT2D eigenvalue weighted by Gasteiger charge is -2.15. The van der Waals surface area contributed by atoms with E-state index in [-0.39, 0.29) is 35.7 Å². The number of hydrogen-bond donors (Lipinski definition) is 3. The third kappa shape index (κ3) is 6.62. The average molecular weight is 543 g/mol. The minimum absolute atomic E-state index is 0.00200. The molecule has 0 atom stereocenters. The van der Waals surface area contributed by atoms with Crippen LogP contribution in [0, 0.1) is 6.92 Å². The highest BCUT2D eigenvalue weighted by Gasteiger charge is 2.31. The number of amides is 2. The van der Waals surface area contributed by atoms with Crippen molar-refractivity contribution in [3.63, 3.8) is 0 Å². The van der Waals surface area contributed by atoms with Crippen LogP contribution in [0.5, 0.6) is 11.6 Å². The van der Waals surface area contributed by atoms with Crippen LogP contribution in [0.1, 0.15) is 21.7 Å². The number of nitrogens with zero attached hydrogens (tertiary/aromatic N) is 3. The molecular weight excluding hydrogens is 517 g/mol. The first-order valence-electron chi connectivity index (χ1n) is 11.6. The number of alkyl halides is 3. The molecule has 0 unspecified atom stereocenters. The van der Waals surface area contributed by atoms with Crippen molar-refractivity contribution < 1.29 is 31.9 Å². The number of aromatic nitrogens is 2. The smallest absolute Gasteiger partial charge is 0.416 e. The number of carbonyl (C=O) groups excluding carboxylic acids is 2. The van der Waals surface area contributed by atoms with Crippen molar-refractivity contribution in [1.82, 2.24) is 20.2 Å². The van der Waals surface area contributed by atoms with Gasteiger partial charge in [0.1, 0.15) is 17.1 Å². The van der Waals surface area contributed by atoms with Crippen LogP contribution in [-0.4, -0.2) is 54.4 Å². The second-order valence-electron chi connectivity index (χ2n) is 8.80. The Morgan fingerprint density at radius 2 is 1.82 bits per heavy atom. The van der Waals surface area contributed by atoms with Gasteiger partial charge in [-0.3, -0.25) is 9.59 Å². The highest BCUT2D eigenvalue weighted by Crippen LogP contribution is 2.35. The van der Waals surface area contributed by atoms with Crippen molar-refractivity contribution in [3.8, 4) is 11.6 Å². The lowest BCUT2D eigenvalue weighted by Crippen LogP contribution is -2.27. The molecule has 3 N–H and O–H groups in total. The Labute approximate surface area is 221 Å². The Morgan fingerprint density at radius 3 is 2.51 bits per heavy atom. The summed E-state index contributed by atoms with van der Waals surface area (Å²) >= 11 is 0. The SMILES string of the molecule is CNC(=O)c1c(C)oc2cc(Oc3ccnc(Nc4cc(NC(=O)CN(C)C)cc(C(F)(F)F)c4)n3)ccc12. The second kappa shape index (κ2) is 11.0. The number of rotatable bonds is 8. The van der Waals surface area contributed by atoms with Gasteiger partial charge in [0.25, 0.3) is 5.91 Å². The van der Waals surface area contributed by atoms with Crippen molar-refractivity contribution in [2.75, 3.05) is 38.3 Å². The van der Waals surface area contributed by atoms with E-state index >= 15 is 0 Å². The standard InChI is InChI=1S/C26H25F3N6O4/c1-14-23(24(37)30-2)19-6-5-18(12-20(19)38-14)39-22-7-8-31-25(34-22)33-17-10-15(26(27,28)29)9-16(11-17)32-21(36)13-35(3)4/h5-12H,13H2,1-4H3,(H,30,37)(H,32,36)(H,31,33,34). The number of hydrogen-bond acceptors (Lipinski definition) is 8. The van der Waals surface area contributed by atoms with Crippen LogP contribution in [0.2, 0.25) is 0 Å². The minimum Gasteiger partial charge on any atom is -0.460 e. The van der Waals surface area contributed by atoms with Gasteiger partial charge in [0.05, 0.1) is 17.7 Å². The van der Waals surface area contributed by atoms with Crippen LogP contribution in [0.3, 0.4) is 0 Å². The van der Waals surface area contributed by atoms with Gasteiger partial charge in [-0.1, -0.05) is 0 Å². The molecule has 2 amide bonds. The van der Waals surface area contributed by atoms with Crippen molar-refractivity contribution in [2.24, 2.45) is 0 Å². The molecular formula is C26H25F3N6O4. The van der Waals surface area contributed by atoms with Gasteiger partial charge >= 0.3 is 6.18 Å². The van der Waals surface area contributed by atoms with E-state index in [0.29, 0.717) is 28.0 Å². The summed E-state index contributed by atoms with van der Waals surface area (Å²) in [5, 5.41) is 8.38. The molecule has 0 bridgehead atoms. The Kier molecular flexibility index (Phi) is 7.72. The molecule has 0 aliphatic rings. The second-order valence-corrected chi connectivity index (χ2v) is 8.80. The molecule has 2 aromatic heterocycles. The molecule has 0 saturated heterocycles. The van der Waals surface area contributed by atoms with Crippen molar-refractivity contribution >= 4 is 40.1 Å². The molecule has 204 valence electrons. The van der Waals surface area contributed by atoms with E-state index in [1.165, 1.54) is 25.4 Å². The van der Waals surface area contributed by atoms with Crippen LogP contribution >= 0.6 is 0 Å². The first-order valence-corrected chi connectivity index (χ1v) is 11.6. The molecule has 0 radical (unpaired) electrons. The first-order chi connectivity index (χ1) is 18.4. The molecule has 39 heavy (non-hydrogen) atoms. The van der Waals surface area contributed by atoms with E-state index in [1.54, 1.807) is 44.1 Å². The third-order valence-corrected chi connectivity index (χ3v) is 5.40. The lowest BCUT2D eigenvalue weighted by atomic mass is 10.1. The van der Waals surface area contributed by atoms with Crippen LogP contribution in [-0.2, 0) is 11.0 Å². The Hall–Kier alpha value is -4.65. The first kappa shape index (κ1) is 27.4. The van der Waals surface area contributed by atoms with Gasteiger partial charge in [0, 0.05) is 42.1 Å². The Bertz CT molecular complexity index is 1530. The van der Waals surface area contributed by atoms with Crippen molar-refractivity contribution in [3.05, 3.63) is 65.5 Å². The van der Waals surface area contributed by atoms with Crippen molar-refractivity contribution in [2.45, 2.75) is 13.1 Å². The fraction of sp³-hybridized carbons (Fsp3) is 0.231. The maximum atomic E-state index is 13.5. The van der Waals surface area contributed by atoms with E-state index < -0.39 is 17.6 Å². The predicted octanol–water partition coefficient (Wildman–Crippen LogP) is 4.95. The Morgan fingerprint density at radius 1 is 1.08 bits per heavy atom. The summed E-state index contributed by atoms with van der Waals surface area (Å²) in [6, 6.07) is 9.46. The predicted molar refractivity (Wildman–Crippen MR) is 138 cm³/mol. The zero-order chi connectivity index (χ0) is 28.3. The minimum atomic E-state index is -4.65. The number of nitrogens with one attached hydrogen (secondary N) is 3. The summed E-state index contributed by atoms with van der Waals surface area (Å²) < 4.78 is 52.0. The maximum absolute atomic E-state index is 13.5. The van der Waals surface area contributed by atoms with Crippen LogP contribution in [0.4, 0.5) is 30.5 Å². The molecule has 0 aliphatic carbocycles. The summed E-state index contributed by atoms with van der Waals surface area (Å²) in [5.74, 6) is 0.134. The highest BCUT2D eigenvalue weighted by atomic mass is 19.4. The van der Waals surface area contributed by atoms with E-state index in [1.807, 2.05) is 0 Å².